The van der Waals surface area contributed by atoms with Crippen molar-refractivity contribution in [3.8, 4) is 5.88 Å². The number of ether oxygens (including phenoxy) is 2. The summed E-state index contributed by atoms with van der Waals surface area (Å²) >= 11 is 0. The Morgan fingerprint density at radius 3 is 2.61 bits per heavy atom. The molecular formula is C33H40N6O6S. The van der Waals surface area contributed by atoms with Crippen molar-refractivity contribution in [2.45, 2.75) is 77.3 Å². The van der Waals surface area contributed by atoms with Gasteiger partial charge in [-0.05, 0) is 93.8 Å². The Morgan fingerprint density at radius 1 is 1.09 bits per heavy atom. The number of hydrogen-bond acceptors (Lipinski definition) is 9. The largest absolute Gasteiger partial charge is 0.481 e. The average molecular weight is 649 g/mol. The number of hydrogen-bond donors (Lipinski definition) is 1. The molecule has 0 saturated heterocycles. The number of nitrogens with zero attached hydrogens (tertiary/aromatic N) is 6. The Labute approximate surface area is 268 Å². The molecule has 46 heavy (non-hydrogen) atoms. The SMILES string of the molecule is Cc1cnc2c(c1)S(=O)(=O)N(Cc1cc([C@@H](c3ccc4c(nnn4C4CC4)c3C)C(C)(C)C(=O)O)cnc1C)CCCOCCO2. The minimum atomic E-state index is -4.04. The molecule has 0 amide bonds. The summed E-state index contributed by atoms with van der Waals surface area (Å²) in [5, 5.41) is 19.3. The fourth-order valence-corrected chi connectivity index (χ4v) is 7.78. The summed E-state index contributed by atoms with van der Waals surface area (Å²) in [6.07, 6.45) is 5.90. The van der Waals surface area contributed by atoms with Gasteiger partial charge in [0.15, 0.2) is 0 Å². The highest BCUT2D eigenvalue weighted by atomic mass is 32.2. The minimum Gasteiger partial charge on any atom is -0.481 e. The number of aromatic nitrogens is 5. The fraction of sp³-hybridized carbons (Fsp3) is 0.485. The van der Waals surface area contributed by atoms with Crippen molar-refractivity contribution in [1.29, 1.82) is 0 Å². The van der Waals surface area contributed by atoms with E-state index in [0.29, 0.717) is 48.1 Å². The summed E-state index contributed by atoms with van der Waals surface area (Å²) in [7, 11) is -4.04. The van der Waals surface area contributed by atoms with Crippen LogP contribution in [0.4, 0.5) is 0 Å². The van der Waals surface area contributed by atoms with Crippen molar-refractivity contribution in [3.05, 3.63) is 70.2 Å². The zero-order chi connectivity index (χ0) is 32.8. The van der Waals surface area contributed by atoms with E-state index in [-0.39, 0.29) is 30.5 Å². The lowest BCUT2D eigenvalue weighted by Crippen LogP contribution is -2.34. The van der Waals surface area contributed by atoms with Gasteiger partial charge < -0.3 is 14.6 Å². The third kappa shape index (κ3) is 5.98. The number of fused-ring (bicyclic) bond motifs is 2. The van der Waals surface area contributed by atoms with Gasteiger partial charge >= 0.3 is 5.97 Å². The van der Waals surface area contributed by atoms with Crippen LogP contribution in [0.5, 0.6) is 5.88 Å². The molecule has 3 aromatic heterocycles. The van der Waals surface area contributed by atoms with E-state index < -0.39 is 27.3 Å². The molecule has 1 saturated carbocycles. The number of pyridine rings is 2. The Bertz CT molecular complexity index is 1900. The molecule has 0 bridgehead atoms. The normalized spacial score (nSPS) is 18.4. The lowest BCUT2D eigenvalue weighted by atomic mass is 9.70. The number of aliphatic carboxylic acids is 1. The van der Waals surface area contributed by atoms with Gasteiger partial charge in [0.1, 0.15) is 17.0 Å². The van der Waals surface area contributed by atoms with E-state index in [0.717, 1.165) is 35.0 Å². The molecule has 244 valence electrons. The summed E-state index contributed by atoms with van der Waals surface area (Å²) in [5.41, 5.74) is 4.80. The van der Waals surface area contributed by atoms with Crippen LogP contribution in [-0.4, -0.2) is 75.1 Å². The maximum absolute atomic E-state index is 14.2. The van der Waals surface area contributed by atoms with E-state index in [1.54, 1.807) is 39.2 Å². The second kappa shape index (κ2) is 12.3. The van der Waals surface area contributed by atoms with Gasteiger partial charge in [-0.2, -0.15) is 4.31 Å². The first kappa shape index (κ1) is 32.0. The topological polar surface area (TPSA) is 150 Å². The van der Waals surface area contributed by atoms with Crippen molar-refractivity contribution in [1.82, 2.24) is 29.3 Å². The molecular weight excluding hydrogens is 608 g/mol. The number of benzene rings is 1. The first-order valence-electron chi connectivity index (χ1n) is 15.6. The van der Waals surface area contributed by atoms with Gasteiger partial charge in [-0.3, -0.25) is 9.78 Å². The van der Waals surface area contributed by atoms with Crippen molar-refractivity contribution in [2.75, 3.05) is 26.4 Å². The number of carboxylic acid groups (broad SMARTS) is 1. The van der Waals surface area contributed by atoms with Gasteiger partial charge in [-0.15, -0.1) is 5.10 Å². The van der Waals surface area contributed by atoms with Crippen LogP contribution in [0.25, 0.3) is 11.0 Å². The smallest absolute Gasteiger partial charge is 0.310 e. The highest BCUT2D eigenvalue weighted by Crippen LogP contribution is 2.45. The molecule has 0 spiro atoms. The van der Waals surface area contributed by atoms with Crippen LogP contribution in [0.3, 0.4) is 0 Å². The molecule has 6 rings (SSSR count). The van der Waals surface area contributed by atoms with Crippen LogP contribution in [-0.2, 0) is 26.1 Å². The summed E-state index contributed by atoms with van der Waals surface area (Å²) in [5.74, 6) is -1.53. The maximum atomic E-state index is 14.2. The fourth-order valence-electron chi connectivity index (χ4n) is 6.16. The molecule has 0 radical (unpaired) electrons. The Hall–Kier alpha value is -3.94. The number of rotatable bonds is 7. The first-order chi connectivity index (χ1) is 21.9. The van der Waals surface area contributed by atoms with Gasteiger partial charge in [0.05, 0.1) is 23.6 Å². The molecule has 4 aromatic rings. The molecule has 12 nitrogen and oxygen atoms in total. The van der Waals surface area contributed by atoms with Crippen LogP contribution in [0.2, 0.25) is 0 Å². The molecule has 1 fully saturated rings. The van der Waals surface area contributed by atoms with E-state index in [9.17, 15) is 18.3 Å². The highest BCUT2D eigenvalue weighted by Gasteiger charge is 2.41. The van der Waals surface area contributed by atoms with Crippen LogP contribution >= 0.6 is 0 Å². The second-order valence-electron chi connectivity index (χ2n) is 12.9. The lowest BCUT2D eigenvalue weighted by Gasteiger charge is -2.33. The van der Waals surface area contributed by atoms with Crippen molar-refractivity contribution >= 4 is 27.0 Å². The van der Waals surface area contributed by atoms with Gasteiger partial charge in [-0.1, -0.05) is 17.3 Å². The van der Waals surface area contributed by atoms with E-state index >= 15 is 0 Å². The molecule has 0 unspecified atom stereocenters. The van der Waals surface area contributed by atoms with E-state index in [1.165, 1.54) is 4.31 Å². The van der Waals surface area contributed by atoms with Crippen LogP contribution in [0, 0.1) is 26.2 Å². The quantitative estimate of drug-likeness (QED) is 0.298. The molecule has 1 N–H and O–H groups in total. The van der Waals surface area contributed by atoms with Crippen LogP contribution in [0.15, 0.2) is 41.6 Å². The zero-order valence-corrected chi connectivity index (χ0v) is 27.7. The summed E-state index contributed by atoms with van der Waals surface area (Å²) in [4.78, 5) is 21.7. The van der Waals surface area contributed by atoms with E-state index in [4.69, 9.17) is 9.47 Å². The summed E-state index contributed by atoms with van der Waals surface area (Å²) < 4.78 is 43.1. The van der Waals surface area contributed by atoms with Crippen LogP contribution in [0.1, 0.15) is 78.6 Å². The predicted octanol–water partition coefficient (Wildman–Crippen LogP) is 4.71. The molecule has 1 aromatic carbocycles. The number of sulfonamides is 1. The average Bonchev–Trinajstić information content (AvgIpc) is 3.76. The number of aryl methyl sites for hydroxylation is 3. The molecule has 2 aliphatic rings. The molecule has 1 atom stereocenters. The molecule has 4 heterocycles. The molecule has 13 heteroatoms. The zero-order valence-electron chi connectivity index (χ0n) is 26.9. The van der Waals surface area contributed by atoms with Gasteiger partial charge in [0.2, 0.25) is 15.9 Å². The van der Waals surface area contributed by atoms with Gasteiger partial charge in [0.25, 0.3) is 0 Å². The molecule has 1 aliphatic carbocycles. The standard InChI is InChI=1S/C33H40N6O6S/c1-20-15-28-31(35-17-20)45-14-13-44-12-6-11-38(46(28,42)43)19-24-16-23(18-34-22(24)3)29(33(4,5)32(40)41)26-9-10-27-30(21(26)2)36-37-39(27)25-7-8-25/h9-10,15-18,25,29H,6-8,11-14,19H2,1-5H3,(H,40,41)/t29-/m0/s1. The van der Waals surface area contributed by atoms with Crippen LogP contribution < -0.4 is 4.74 Å². The van der Waals surface area contributed by atoms with Gasteiger partial charge in [0, 0.05) is 43.7 Å². The monoisotopic (exact) mass is 648 g/mol. The third-order valence-corrected chi connectivity index (χ3v) is 10.9. The van der Waals surface area contributed by atoms with Crippen molar-refractivity contribution < 1.29 is 27.8 Å². The second-order valence-corrected chi connectivity index (χ2v) is 14.8. The number of carbonyl (C=O) groups is 1. The Kier molecular flexibility index (Phi) is 8.59. The van der Waals surface area contributed by atoms with E-state index in [2.05, 4.69) is 20.3 Å². The third-order valence-electron chi connectivity index (χ3n) is 9.04. The lowest BCUT2D eigenvalue weighted by molar-refractivity contribution is -0.147. The molecule has 1 aliphatic heterocycles. The summed E-state index contributed by atoms with van der Waals surface area (Å²) in [6, 6.07) is 7.77. The summed E-state index contributed by atoms with van der Waals surface area (Å²) in [6.45, 7) is 10.1. The predicted molar refractivity (Wildman–Crippen MR) is 170 cm³/mol. The first-order valence-corrected chi connectivity index (χ1v) is 17.0. The Balaban J connectivity index is 1.43. The maximum Gasteiger partial charge on any atom is 0.310 e. The van der Waals surface area contributed by atoms with E-state index in [1.807, 2.05) is 36.7 Å². The Morgan fingerprint density at radius 2 is 1.87 bits per heavy atom. The highest BCUT2D eigenvalue weighted by molar-refractivity contribution is 7.89. The number of carboxylic acids is 1. The van der Waals surface area contributed by atoms with Gasteiger partial charge in [-0.25, -0.2) is 18.1 Å². The minimum absolute atomic E-state index is 0.00391. The van der Waals surface area contributed by atoms with Crippen molar-refractivity contribution in [2.24, 2.45) is 5.41 Å². The van der Waals surface area contributed by atoms with Crippen molar-refractivity contribution in [3.63, 3.8) is 0 Å².